The van der Waals surface area contributed by atoms with E-state index in [2.05, 4.69) is 5.32 Å². The van der Waals surface area contributed by atoms with Crippen LogP contribution >= 0.6 is 0 Å². The van der Waals surface area contributed by atoms with E-state index in [4.69, 9.17) is 14.2 Å². The van der Waals surface area contributed by atoms with Crippen LogP contribution in [0.3, 0.4) is 0 Å². The van der Waals surface area contributed by atoms with Gasteiger partial charge in [-0.1, -0.05) is 30.3 Å². The lowest BCUT2D eigenvalue weighted by Gasteiger charge is -2.12. The molecule has 0 fully saturated rings. The summed E-state index contributed by atoms with van der Waals surface area (Å²) < 4.78 is 16.4. The van der Waals surface area contributed by atoms with Crippen molar-refractivity contribution in [2.24, 2.45) is 0 Å². The van der Waals surface area contributed by atoms with E-state index in [1.807, 2.05) is 55.5 Å². The number of ether oxygens (including phenoxy) is 3. The van der Waals surface area contributed by atoms with Crippen LogP contribution in [0.25, 0.3) is 0 Å². The fourth-order valence-corrected chi connectivity index (χ4v) is 1.91. The lowest BCUT2D eigenvalue weighted by Crippen LogP contribution is -2.32. The first-order chi connectivity index (χ1) is 11.3. The van der Waals surface area contributed by atoms with Gasteiger partial charge in [0.25, 0.3) is 5.91 Å². The van der Waals surface area contributed by atoms with E-state index < -0.39 is 0 Å². The molecule has 0 atom stereocenters. The minimum atomic E-state index is -0.201. The molecule has 0 radical (unpaired) electrons. The second kappa shape index (κ2) is 9.35. The smallest absolute Gasteiger partial charge is 0.258 e. The van der Waals surface area contributed by atoms with Gasteiger partial charge < -0.3 is 19.5 Å². The Labute approximate surface area is 136 Å². The minimum absolute atomic E-state index is 0.0601. The van der Waals surface area contributed by atoms with Gasteiger partial charge in [-0.25, -0.2) is 0 Å². The molecule has 0 unspecified atom stereocenters. The first kappa shape index (κ1) is 16.7. The number of amides is 1. The molecule has 1 amide bonds. The van der Waals surface area contributed by atoms with Crippen LogP contribution in [0.1, 0.15) is 6.92 Å². The molecule has 0 aromatic heterocycles. The van der Waals surface area contributed by atoms with Crippen molar-refractivity contribution in [2.45, 2.75) is 6.92 Å². The van der Waals surface area contributed by atoms with Crippen molar-refractivity contribution in [3.63, 3.8) is 0 Å². The summed E-state index contributed by atoms with van der Waals surface area (Å²) in [7, 11) is 0. The highest BCUT2D eigenvalue weighted by molar-refractivity contribution is 5.77. The van der Waals surface area contributed by atoms with Crippen molar-refractivity contribution >= 4 is 5.91 Å². The summed E-state index contributed by atoms with van der Waals surface area (Å²) in [6.07, 6.45) is 0. The van der Waals surface area contributed by atoms with E-state index in [1.54, 1.807) is 6.07 Å². The van der Waals surface area contributed by atoms with Crippen molar-refractivity contribution in [1.82, 2.24) is 5.32 Å². The molecule has 5 nitrogen and oxygen atoms in total. The van der Waals surface area contributed by atoms with Crippen molar-refractivity contribution in [1.29, 1.82) is 0 Å². The fraction of sp³-hybridized carbons (Fsp3) is 0.278. The number of carbonyl (C=O) groups excluding carboxylic acids is 1. The van der Waals surface area contributed by atoms with Gasteiger partial charge in [0, 0.05) is 0 Å². The van der Waals surface area contributed by atoms with Crippen LogP contribution in [0.4, 0.5) is 0 Å². The summed E-state index contributed by atoms with van der Waals surface area (Å²) in [5, 5.41) is 2.74. The van der Waals surface area contributed by atoms with Gasteiger partial charge in [-0.3, -0.25) is 4.79 Å². The Morgan fingerprint density at radius 3 is 2.26 bits per heavy atom. The molecule has 0 saturated heterocycles. The van der Waals surface area contributed by atoms with Gasteiger partial charge in [0.15, 0.2) is 18.1 Å². The zero-order valence-corrected chi connectivity index (χ0v) is 13.2. The van der Waals surface area contributed by atoms with Gasteiger partial charge in [0.05, 0.1) is 13.2 Å². The number of carbonyl (C=O) groups is 1. The number of hydrogen-bond acceptors (Lipinski definition) is 4. The molecule has 2 aromatic carbocycles. The largest absolute Gasteiger partial charge is 0.492 e. The van der Waals surface area contributed by atoms with Crippen molar-refractivity contribution in [3.05, 3.63) is 54.6 Å². The molecule has 0 heterocycles. The van der Waals surface area contributed by atoms with Gasteiger partial charge >= 0.3 is 0 Å². The van der Waals surface area contributed by atoms with Crippen LogP contribution in [0.5, 0.6) is 17.2 Å². The number of benzene rings is 2. The molecule has 0 spiro atoms. The second-order valence-corrected chi connectivity index (χ2v) is 4.68. The molecule has 23 heavy (non-hydrogen) atoms. The van der Waals surface area contributed by atoms with E-state index >= 15 is 0 Å². The van der Waals surface area contributed by atoms with Crippen LogP contribution in [0, 0.1) is 0 Å². The van der Waals surface area contributed by atoms with Crippen LogP contribution in [-0.2, 0) is 4.79 Å². The topological polar surface area (TPSA) is 56.8 Å². The Morgan fingerprint density at radius 2 is 1.57 bits per heavy atom. The first-order valence-electron chi connectivity index (χ1n) is 7.58. The van der Waals surface area contributed by atoms with Gasteiger partial charge in [0.1, 0.15) is 12.4 Å². The molecule has 2 rings (SSSR count). The van der Waals surface area contributed by atoms with E-state index in [0.717, 1.165) is 5.75 Å². The average Bonchev–Trinajstić information content (AvgIpc) is 2.59. The van der Waals surface area contributed by atoms with E-state index in [9.17, 15) is 4.79 Å². The van der Waals surface area contributed by atoms with Gasteiger partial charge in [-0.15, -0.1) is 0 Å². The standard InChI is InChI=1S/C18H21NO4/c1-2-21-16-10-6-7-11-17(16)23-14-18(20)19-12-13-22-15-8-4-3-5-9-15/h3-11H,2,12-14H2,1H3,(H,19,20). The Morgan fingerprint density at radius 1 is 0.913 bits per heavy atom. The predicted octanol–water partition coefficient (Wildman–Crippen LogP) is 2.66. The summed E-state index contributed by atoms with van der Waals surface area (Å²) in [6.45, 7) is 3.21. The summed E-state index contributed by atoms with van der Waals surface area (Å²) in [4.78, 5) is 11.8. The molecule has 5 heteroatoms. The van der Waals surface area contributed by atoms with Gasteiger partial charge in [-0.2, -0.15) is 0 Å². The maximum absolute atomic E-state index is 11.8. The Hall–Kier alpha value is -2.69. The Balaban J connectivity index is 1.67. The highest BCUT2D eigenvalue weighted by Gasteiger charge is 2.06. The van der Waals surface area contributed by atoms with Crippen molar-refractivity contribution in [2.75, 3.05) is 26.4 Å². The lowest BCUT2D eigenvalue weighted by molar-refractivity contribution is -0.123. The molecular formula is C18H21NO4. The summed E-state index contributed by atoms with van der Waals surface area (Å²) in [5.74, 6) is 1.77. The van der Waals surface area contributed by atoms with Gasteiger partial charge in [0.2, 0.25) is 0 Å². The highest BCUT2D eigenvalue weighted by Crippen LogP contribution is 2.26. The zero-order valence-electron chi connectivity index (χ0n) is 13.2. The van der Waals surface area contributed by atoms with Crippen LogP contribution in [0.2, 0.25) is 0 Å². The molecule has 0 saturated carbocycles. The molecule has 2 aromatic rings. The SMILES string of the molecule is CCOc1ccccc1OCC(=O)NCCOc1ccccc1. The summed E-state index contributed by atoms with van der Waals surface area (Å²) in [5.41, 5.74) is 0. The third-order valence-corrected chi connectivity index (χ3v) is 2.94. The highest BCUT2D eigenvalue weighted by atomic mass is 16.5. The number of rotatable bonds is 9. The molecule has 0 bridgehead atoms. The molecule has 0 aliphatic carbocycles. The third-order valence-electron chi connectivity index (χ3n) is 2.94. The van der Waals surface area contributed by atoms with Crippen LogP contribution < -0.4 is 19.5 Å². The maximum Gasteiger partial charge on any atom is 0.258 e. The zero-order chi connectivity index (χ0) is 16.3. The molecular weight excluding hydrogens is 294 g/mol. The minimum Gasteiger partial charge on any atom is -0.492 e. The molecule has 122 valence electrons. The number of nitrogens with one attached hydrogen (secondary N) is 1. The van der Waals surface area contributed by atoms with E-state index in [1.165, 1.54) is 0 Å². The lowest BCUT2D eigenvalue weighted by atomic mass is 10.3. The first-order valence-corrected chi connectivity index (χ1v) is 7.58. The fourth-order valence-electron chi connectivity index (χ4n) is 1.91. The van der Waals surface area contributed by atoms with Gasteiger partial charge in [-0.05, 0) is 31.2 Å². The Kier molecular flexibility index (Phi) is 6.78. The van der Waals surface area contributed by atoms with Crippen molar-refractivity contribution in [3.8, 4) is 17.2 Å². The summed E-state index contributed by atoms with van der Waals surface area (Å²) in [6, 6.07) is 16.7. The third kappa shape index (κ3) is 5.90. The van der Waals surface area contributed by atoms with Crippen LogP contribution in [-0.4, -0.2) is 32.3 Å². The second-order valence-electron chi connectivity index (χ2n) is 4.68. The van der Waals surface area contributed by atoms with Crippen molar-refractivity contribution < 1.29 is 19.0 Å². The van der Waals surface area contributed by atoms with E-state index in [0.29, 0.717) is 31.3 Å². The number of para-hydroxylation sites is 3. The monoisotopic (exact) mass is 315 g/mol. The molecule has 0 aliphatic heterocycles. The maximum atomic E-state index is 11.8. The van der Waals surface area contributed by atoms with E-state index in [-0.39, 0.29) is 12.5 Å². The number of hydrogen-bond donors (Lipinski definition) is 1. The average molecular weight is 315 g/mol. The molecule has 1 N–H and O–H groups in total. The normalized spacial score (nSPS) is 9.96. The predicted molar refractivity (Wildman–Crippen MR) is 88.1 cm³/mol. The molecule has 0 aliphatic rings. The Bertz CT molecular complexity index is 601. The van der Waals surface area contributed by atoms with Crippen LogP contribution in [0.15, 0.2) is 54.6 Å². The summed E-state index contributed by atoms with van der Waals surface area (Å²) >= 11 is 0. The quantitative estimate of drug-likeness (QED) is 0.723.